The first-order valence-electron chi connectivity index (χ1n) is 6.91. The van der Waals surface area contributed by atoms with Gasteiger partial charge in [0.1, 0.15) is 0 Å². The predicted octanol–water partition coefficient (Wildman–Crippen LogP) is 3.10. The van der Waals surface area contributed by atoms with Crippen molar-refractivity contribution in [1.82, 2.24) is 10.3 Å². The van der Waals surface area contributed by atoms with Gasteiger partial charge in [-0.1, -0.05) is 26.0 Å². The smallest absolute Gasteiger partial charge is 0.273 e. The molecule has 6 nitrogen and oxygen atoms in total. The van der Waals surface area contributed by atoms with Gasteiger partial charge in [0.15, 0.2) is 11.7 Å². The number of hydrogen-bond acceptors (Lipinski definition) is 5. The quantitative estimate of drug-likeness (QED) is 0.652. The number of nitro benzene ring substituents is 1. The van der Waals surface area contributed by atoms with Gasteiger partial charge in [0, 0.05) is 36.2 Å². The molecule has 0 radical (unpaired) electrons. The lowest BCUT2D eigenvalue weighted by atomic mass is 10.1. The first-order valence-corrected chi connectivity index (χ1v) is 6.91. The number of hydrogen-bond donors (Lipinski definition) is 1. The third-order valence-corrected chi connectivity index (χ3v) is 3.21. The number of nitro groups is 1. The summed E-state index contributed by atoms with van der Waals surface area (Å²) in [6.45, 7) is 6.66. The highest BCUT2D eigenvalue weighted by atomic mass is 16.6. The van der Waals surface area contributed by atoms with Crippen molar-refractivity contribution in [1.29, 1.82) is 0 Å². The molecule has 1 aromatic heterocycles. The summed E-state index contributed by atoms with van der Waals surface area (Å²) in [6.07, 6.45) is 2.31. The molecule has 112 valence electrons. The fourth-order valence-electron chi connectivity index (χ4n) is 2.11. The molecule has 1 aromatic carbocycles. The summed E-state index contributed by atoms with van der Waals surface area (Å²) in [7, 11) is 0. The topological polar surface area (TPSA) is 81.2 Å². The van der Waals surface area contributed by atoms with Crippen LogP contribution in [0, 0.1) is 17.0 Å². The van der Waals surface area contributed by atoms with Gasteiger partial charge in [-0.05, 0) is 6.92 Å². The van der Waals surface area contributed by atoms with Crippen molar-refractivity contribution >= 4 is 5.69 Å². The van der Waals surface area contributed by atoms with Gasteiger partial charge in [0.2, 0.25) is 0 Å². The van der Waals surface area contributed by atoms with E-state index in [1.807, 2.05) is 0 Å². The van der Waals surface area contributed by atoms with E-state index in [-0.39, 0.29) is 10.6 Å². The predicted molar refractivity (Wildman–Crippen MR) is 80.2 cm³/mol. The van der Waals surface area contributed by atoms with Crippen LogP contribution in [0.15, 0.2) is 28.8 Å². The van der Waals surface area contributed by atoms with E-state index in [4.69, 9.17) is 4.42 Å². The van der Waals surface area contributed by atoms with Crippen LogP contribution < -0.4 is 5.32 Å². The maximum Gasteiger partial charge on any atom is 0.273 e. The zero-order chi connectivity index (χ0) is 15.4. The molecule has 21 heavy (non-hydrogen) atoms. The average Bonchev–Trinajstić information content (AvgIpc) is 2.86. The van der Waals surface area contributed by atoms with Crippen LogP contribution in [0.3, 0.4) is 0 Å². The van der Waals surface area contributed by atoms with Crippen LogP contribution in [0.2, 0.25) is 0 Å². The molecule has 2 rings (SSSR count). The second-order valence-electron chi connectivity index (χ2n) is 5.18. The summed E-state index contributed by atoms with van der Waals surface area (Å²) in [5, 5.41) is 14.3. The molecule has 0 saturated carbocycles. The van der Waals surface area contributed by atoms with Crippen LogP contribution in [-0.4, -0.2) is 22.5 Å². The summed E-state index contributed by atoms with van der Waals surface area (Å²) in [5.41, 5.74) is 1.39. The third-order valence-electron chi connectivity index (χ3n) is 3.21. The third kappa shape index (κ3) is 3.66. The summed E-state index contributed by atoms with van der Waals surface area (Å²) in [4.78, 5) is 14.8. The van der Waals surface area contributed by atoms with Gasteiger partial charge in [0.05, 0.1) is 11.1 Å². The normalized spacial score (nSPS) is 11.0. The van der Waals surface area contributed by atoms with Gasteiger partial charge in [-0.2, -0.15) is 0 Å². The van der Waals surface area contributed by atoms with Crippen LogP contribution in [0.5, 0.6) is 0 Å². The molecule has 0 unspecified atom stereocenters. The summed E-state index contributed by atoms with van der Waals surface area (Å²) >= 11 is 0. The molecular weight excluding hydrogens is 270 g/mol. The monoisotopic (exact) mass is 289 g/mol. The van der Waals surface area contributed by atoms with Crippen LogP contribution >= 0.6 is 0 Å². The Balaban J connectivity index is 2.18. The Morgan fingerprint density at radius 1 is 1.43 bits per heavy atom. The van der Waals surface area contributed by atoms with Crippen LogP contribution in [0.25, 0.3) is 11.3 Å². The van der Waals surface area contributed by atoms with Crippen molar-refractivity contribution in [3.05, 3.63) is 46.0 Å². The standard InChI is InChI=1S/C15H19N3O3/c1-10(2)16-8-7-15-17-9-14(21-15)12-5-4-6-13(11(12)3)18(19)20/h4-6,9-10,16H,7-8H2,1-3H3. The highest BCUT2D eigenvalue weighted by molar-refractivity contribution is 5.66. The minimum absolute atomic E-state index is 0.0897. The Kier molecular flexibility index (Phi) is 4.70. The molecule has 0 spiro atoms. The summed E-state index contributed by atoms with van der Waals surface area (Å²) < 4.78 is 5.69. The van der Waals surface area contributed by atoms with E-state index in [0.29, 0.717) is 35.2 Å². The van der Waals surface area contributed by atoms with E-state index < -0.39 is 0 Å². The second kappa shape index (κ2) is 6.49. The lowest BCUT2D eigenvalue weighted by Crippen LogP contribution is -2.24. The van der Waals surface area contributed by atoms with Gasteiger partial charge in [-0.3, -0.25) is 10.1 Å². The molecule has 0 aliphatic heterocycles. The minimum Gasteiger partial charge on any atom is -0.441 e. The van der Waals surface area contributed by atoms with Crippen molar-refractivity contribution < 1.29 is 9.34 Å². The lowest BCUT2D eigenvalue weighted by molar-refractivity contribution is -0.385. The molecular formula is C15H19N3O3. The van der Waals surface area contributed by atoms with E-state index in [2.05, 4.69) is 24.1 Å². The number of nitrogens with zero attached hydrogens (tertiary/aromatic N) is 2. The first-order chi connectivity index (χ1) is 9.99. The average molecular weight is 289 g/mol. The van der Waals surface area contributed by atoms with Gasteiger partial charge in [-0.15, -0.1) is 0 Å². The zero-order valence-corrected chi connectivity index (χ0v) is 12.4. The highest BCUT2D eigenvalue weighted by Crippen LogP contribution is 2.30. The molecule has 0 aliphatic rings. The minimum atomic E-state index is -0.386. The molecule has 6 heteroatoms. The van der Waals surface area contributed by atoms with Gasteiger partial charge in [-0.25, -0.2) is 4.98 Å². The second-order valence-corrected chi connectivity index (χ2v) is 5.18. The van der Waals surface area contributed by atoms with E-state index in [1.165, 1.54) is 6.07 Å². The van der Waals surface area contributed by atoms with Crippen LogP contribution in [0.4, 0.5) is 5.69 Å². The van der Waals surface area contributed by atoms with Crippen molar-refractivity contribution in [2.24, 2.45) is 0 Å². The number of benzene rings is 1. The lowest BCUT2D eigenvalue weighted by Gasteiger charge is -2.05. The molecule has 0 amide bonds. The van der Waals surface area contributed by atoms with E-state index in [1.54, 1.807) is 25.3 Å². The largest absolute Gasteiger partial charge is 0.441 e. The number of nitrogens with one attached hydrogen (secondary N) is 1. The fraction of sp³-hybridized carbons (Fsp3) is 0.400. The summed E-state index contributed by atoms with van der Waals surface area (Å²) in [6, 6.07) is 5.36. The number of oxazole rings is 1. The van der Waals surface area contributed by atoms with E-state index >= 15 is 0 Å². The van der Waals surface area contributed by atoms with Crippen molar-refractivity contribution in [2.45, 2.75) is 33.2 Å². The van der Waals surface area contributed by atoms with Gasteiger partial charge in [0.25, 0.3) is 5.69 Å². The highest BCUT2D eigenvalue weighted by Gasteiger charge is 2.16. The molecule has 0 fully saturated rings. The Morgan fingerprint density at radius 2 is 2.19 bits per heavy atom. The summed E-state index contributed by atoms with van der Waals surface area (Å²) in [5.74, 6) is 1.19. The molecule has 0 aliphatic carbocycles. The molecule has 0 saturated heterocycles. The van der Waals surface area contributed by atoms with E-state index in [9.17, 15) is 10.1 Å². The fourth-order valence-corrected chi connectivity index (χ4v) is 2.11. The van der Waals surface area contributed by atoms with Crippen molar-refractivity contribution in [2.75, 3.05) is 6.54 Å². The molecule has 0 bridgehead atoms. The van der Waals surface area contributed by atoms with Crippen molar-refractivity contribution in [3.8, 4) is 11.3 Å². The van der Waals surface area contributed by atoms with Crippen LogP contribution in [0.1, 0.15) is 25.3 Å². The SMILES string of the molecule is Cc1c(-c2cnc(CCNC(C)C)o2)cccc1[N+](=O)[O-]. The maximum atomic E-state index is 11.0. The Hall–Kier alpha value is -2.21. The first kappa shape index (κ1) is 15.2. The van der Waals surface area contributed by atoms with Crippen molar-refractivity contribution in [3.63, 3.8) is 0 Å². The molecule has 0 atom stereocenters. The van der Waals surface area contributed by atoms with Crippen LogP contribution in [-0.2, 0) is 6.42 Å². The van der Waals surface area contributed by atoms with E-state index in [0.717, 1.165) is 6.54 Å². The molecule has 1 N–H and O–H groups in total. The zero-order valence-electron chi connectivity index (χ0n) is 12.4. The number of aromatic nitrogens is 1. The molecule has 1 heterocycles. The van der Waals surface area contributed by atoms with Gasteiger partial charge >= 0.3 is 0 Å². The Labute approximate surface area is 123 Å². The Bertz CT molecular complexity index is 635. The van der Waals surface area contributed by atoms with Gasteiger partial charge < -0.3 is 9.73 Å². The number of rotatable bonds is 6. The Morgan fingerprint density at radius 3 is 2.86 bits per heavy atom. The maximum absolute atomic E-state index is 11.0. The molecule has 2 aromatic rings.